The first kappa shape index (κ1) is 13.9. The van der Waals surface area contributed by atoms with Crippen LogP contribution in [0.3, 0.4) is 0 Å². The lowest BCUT2D eigenvalue weighted by molar-refractivity contribution is 0.0326. The van der Waals surface area contributed by atoms with Gasteiger partial charge in [-0.2, -0.15) is 0 Å². The van der Waals surface area contributed by atoms with Gasteiger partial charge in [0.05, 0.1) is 12.7 Å². The maximum Gasteiger partial charge on any atom is 0.0897 e. The van der Waals surface area contributed by atoms with Crippen LogP contribution in [0.15, 0.2) is 0 Å². The smallest absolute Gasteiger partial charge is 0.0897 e. The van der Waals surface area contributed by atoms with E-state index in [0.717, 1.165) is 25.0 Å². The normalized spacial score (nSPS) is 18.0. The molecule has 0 spiro atoms. The minimum Gasteiger partial charge on any atom is -0.389 e. The zero-order chi connectivity index (χ0) is 11.8. The van der Waals surface area contributed by atoms with E-state index in [1.54, 1.807) is 0 Å². The van der Waals surface area contributed by atoms with Gasteiger partial charge in [0.2, 0.25) is 0 Å². The highest BCUT2D eigenvalue weighted by molar-refractivity contribution is 4.72. The van der Waals surface area contributed by atoms with Crippen molar-refractivity contribution in [1.29, 1.82) is 0 Å². The van der Waals surface area contributed by atoms with E-state index in [1.165, 1.54) is 25.7 Å². The average molecular weight is 229 g/mol. The van der Waals surface area contributed by atoms with E-state index in [0.29, 0.717) is 13.2 Å². The molecule has 0 aromatic carbocycles. The van der Waals surface area contributed by atoms with Gasteiger partial charge in [-0.05, 0) is 44.1 Å². The number of ether oxygens (including phenoxy) is 1. The number of aliphatic hydroxyl groups excluding tert-OH is 1. The Kier molecular flexibility index (Phi) is 7.01. The SMILES string of the molecule is CC(C)CCCNCC(O)COCC1CC1. The molecular formula is C13H27NO2. The lowest BCUT2D eigenvalue weighted by Gasteiger charge is -2.12. The van der Waals surface area contributed by atoms with Gasteiger partial charge in [0.1, 0.15) is 0 Å². The topological polar surface area (TPSA) is 41.5 Å². The van der Waals surface area contributed by atoms with Crippen molar-refractivity contribution in [3.8, 4) is 0 Å². The van der Waals surface area contributed by atoms with Gasteiger partial charge in [-0.15, -0.1) is 0 Å². The highest BCUT2D eigenvalue weighted by Gasteiger charge is 2.21. The van der Waals surface area contributed by atoms with Crippen LogP contribution in [0, 0.1) is 11.8 Å². The van der Waals surface area contributed by atoms with E-state index < -0.39 is 0 Å². The summed E-state index contributed by atoms with van der Waals surface area (Å²) in [6.45, 7) is 7.44. The standard InChI is InChI=1S/C13H27NO2/c1-11(2)4-3-7-14-8-13(15)10-16-9-12-5-6-12/h11-15H,3-10H2,1-2H3. The second-order valence-electron chi connectivity index (χ2n) is 5.37. The molecule has 0 bridgehead atoms. The molecule has 1 aliphatic rings. The van der Waals surface area contributed by atoms with Crippen LogP contribution in [0.4, 0.5) is 0 Å². The Hall–Kier alpha value is -0.120. The van der Waals surface area contributed by atoms with E-state index >= 15 is 0 Å². The molecule has 2 N–H and O–H groups in total. The number of hydrogen-bond donors (Lipinski definition) is 2. The molecule has 3 nitrogen and oxygen atoms in total. The van der Waals surface area contributed by atoms with Crippen LogP contribution < -0.4 is 5.32 Å². The highest BCUT2D eigenvalue weighted by Crippen LogP contribution is 2.28. The molecule has 0 radical (unpaired) electrons. The fraction of sp³-hybridized carbons (Fsp3) is 1.00. The maximum absolute atomic E-state index is 9.60. The minimum absolute atomic E-state index is 0.349. The Bertz CT molecular complexity index is 169. The number of nitrogens with one attached hydrogen (secondary N) is 1. The first-order valence-electron chi connectivity index (χ1n) is 6.65. The molecule has 3 heteroatoms. The lowest BCUT2D eigenvalue weighted by Crippen LogP contribution is -2.31. The molecule has 0 aromatic rings. The molecule has 1 unspecified atom stereocenters. The van der Waals surface area contributed by atoms with Gasteiger partial charge < -0.3 is 15.2 Å². The van der Waals surface area contributed by atoms with Crippen molar-refractivity contribution in [3.05, 3.63) is 0 Å². The minimum atomic E-state index is -0.349. The summed E-state index contributed by atoms with van der Waals surface area (Å²) in [6.07, 6.45) is 4.71. The molecule has 0 saturated heterocycles. The van der Waals surface area contributed by atoms with Crippen LogP contribution in [0.25, 0.3) is 0 Å². The molecule has 16 heavy (non-hydrogen) atoms. The summed E-state index contributed by atoms with van der Waals surface area (Å²) >= 11 is 0. The van der Waals surface area contributed by atoms with E-state index in [9.17, 15) is 5.11 Å². The highest BCUT2D eigenvalue weighted by atomic mass is 16.5. The van der Waals surface area contributed by atoms with Crippen molar-refractivity contribution in [2.24, 2.45) is 11.8 Å². The molecule has 1 fully saturated rings. The second-order valence-corrected chi connectivity index (χ2v) is 5.37. The summed E-state index contributed by atoms with van der Waals surface area (Å²) in [4.78, 5) is 0. The van der Waals surface area contributed by atoms with Crippen molar-refractivity contribution in [3.63, 3.8) is 0 Å². The summed E-state index contributed by atoms with van der Waals surface area (Å²) in [5.74, 6) is 1.56. The Morgan fingerprint density at radius 1 is 1.38 bits per heavy atom. The van der Waals surface area contributed by atoms with Gasteiger partial charge in [0.25, 0.3) is 0 Å². The molecule has 1 aliphatic carbocycles. The van der Waals surface area contributed by atoms with Gasteiger partial charge in [0, 0.05) is 13.2 Å². The Morgan fingerprint density at radius 3 is 2.75 bits per heavy atom. The fourth-order valence-corrected chi connectivity index (χ4v) is 1.62. The second kappa shape index (κ2) is 8.04. The van der Waals surface area contributed by atoms with Crippen molar-refractivity contribution < 1.29 is 9.84 Å². The van der Waals surface area contributed by atoms with E-state index in [2.05, 4.69) is 19.2 Å². The van der Waals surface area contributed by atoms with Crippen molar-refractivity contribution in [2.75, 3.05) is 26.3 Å². The zero-order valence-electron chi connectivity index (χ0n) is 10.7. The number of hydrogen-bond acceptors (Lipinski definition) is 3. The van der Waals surface area contributed by atoms with Gasteiger partial charge in [0.15, 0.2) is 0 Å². The molecule has 1 rings (SSSR count). The van der Waals surface area contributed by atoms with Crippen molar-refractivity contribution in [2.45, 2.75) is 45.6 Å². The Labute approximate surface area is 99.6 Å². The summed E-state index contributed by atoms with van der Waals surface area (Å²) in [5.41, 5.74) is 0. The van der Waals surface area contributed by atoms with Crippen LogP contribution in [-0.2, 0) is 4.74 Å². The molecule has 0 aliphatic heterocycles. The molecule has 1 atom stereocenters. The van der Waals surface area contributed by atoms with E-state index in [-0.39, 0.29) is 6.10 Å². The lowest BCUT2D eigenvalue weighted by atomic mass is 10.1. The van der Waals surface area contributed by atoms with Gasteiger partial charge in [-0.3, -0.25) is 0 Å². The van der Waals surface area contributed by atoms with Gasteiger partial charge in [-0.25, -0.2) is 0 Å². The van der Waals surface area contributed by atoms with Gasteiger partial charge in [-0.1, -0.05) is 13.8 Å². The maximum atomic E-state index is 9.60. The number of rotatable bonds is 10. The summed E-state index contributed by atoms with van der Waals surface area (Å²) in [7, 11) is 0. The van der Waals surface area contributed by atoms with E-state index in [4.69, 9.17) is 4.74 Å². The van der Waals surface area contributed by atoms with Crippen LogP contribution in [0.2, 0.25) is 0 Å². The average Bonchev–Trinajstić information content (AvgIpc) is 3.00. The molecule has 0 aromatic heterocycles. The molecule has 0 amide bonds. The van der Waals surface area contributed by atoms with Crippen LogP contribution >= 0.6 is 0 Å². The summed E-state index contributed by atoms with van der Waals surface area (Å²) in [5, 5.41) is 12.9. The molecular weight excluding hydrogens is 202 g/mol. The van der Waals surface area contributed by atoms with Crippen molar-refractivity contribution >= 4 is 0 Å². The third-order valence-corrected chi connectivity index (χ3v) is 2.88. The Morgan fingerprint density at radius 2 is 2.12 bits per heavy atom. The zero-order valence-corrected chi connectivity index (χ0v) is 10.7. The van der Waals surface area contributed by atoms with Crippen LogP contribution in [0.1, 0.15) is 39.5 Å². The molecule has 96 valence electrons. The van der Waals surface area contributed by atoms with Crippen molar-refractivity contribution in [1.82, 2.24) is 5.32 Å². The first-order chi connectivity index (χ1) is 7.68. The first-order valence-corrected chi connectivity index (χ1v) is 6.65. The quantitative estimate of drug-likeness (QED) is 0.561. The number of aliphatic hydroxyl groups is 1. The van der Waals surface area contributed by atoms with E-state index in [1.807, 2.05) is 0 Å². The van der Waals surface area contributed by atoms with Crippen LogP contribution in [-0.4, -0.2) is 37.5 Å². The predicted molar refractivity (Wildman–Crippen MR) is 66.5 cm³/mol. The third kappa shape index (κ3) is 8.08. The predicted octanol–water partition coefficient (Wildman–Crippen LogP) is 1.80. The monoisotopic (exact) mass is 229 g/mol. The van der Waals surface area contributed by atoms with Gasteiger partial charge >= 0.3 is 0 Å². The Balaban J connectivity index is 1.79. The summed E-state index contributed by atoms with van der Waals surface area (Å²) in [6, 6.07) is 0. The molecule has 0 heterocycles. The third-order valence-electron chi connectivity index (χ3n) is 2.88. The largest absolute Gasteiger partial charge is 0.389 e. The fourth-order valence-electron chi connectivity index (χ4n) is 1.62. The summed E-state index contributed by atoms with van der Waals surface area (Å²) < 4.78 is 5.42. The van der Waals surface area contributed by atoms with Crippen LogP contribution in [0.5, 0.6) is 0 Å². The molecule has 1 saturated carbocycles.